The molecule has 1 saturated heterocycles. The van der Waals surface area contributed by atoms with Crippen molar-refractivity contribution in [2.45, 2.75) is 33.1 Å². The van der Waals surface area contributed by atoms with Gasteiger partial charge >= 0.3 is 0 Å². The standard InChI is InChI=1S/C18H25FN2O2/c1-3-4-7-14(2)17(22)20-10-12-21(13-11-20)18(23)15-8-5-6-9-16(15)19/h5-6,8-9,14H,3-4,7,10-13H2,1-2H3. The van der Waals surface area contributed by atoms with Gasteiger partial charge in [0, 0.05) is 32.1 Å². The summed E-state index contributed by atoms with van der Waals surface area (Å²) in [6.45, 7) is 6.04. The van der Waals surface area contributed by atoms with Crippen LogP contribution in [-0.2, 0) is 4.79 Å². The smallest absolute Gasteiger partial charge is 0.256 e. The van der Waals surface area contributed by atoms with Crippen LogP contribution in [0.1, 0.15) is 43.5 Å². The van der Waals surface area contributed by atoms with Gasteiger partial charge in [-0.05, 0) is 18.6 Å². The third kappa shape index (κ3) is 4.30. The zero-order valence-electron chi connectivity index (χ0n) is 13.9. The molecule has 1 aromatic carbocycles. The Morgan fingerprint density at radius 3 is 2.35 bits per heavy atom. The molecule has 2 amide bonds. The first-order valence-corrected chi connectivity index (χ1v) is 8.37. The van der Waals surface area contributed by atoms with E-state index in [-0.39, 0.29) is 23.3 Å². The summed E-state index contributed by atoms with van der Waals surface area (Å²) in [5.74, 6) is -0.598. The summed E-state index contributed by atoms with van der Waals surface area (Å²) in [5, 5.41) is 0. The van der Waals surface area contributed by atoms with Crippen LogP contribution in [0.3, 0.4) is 0 Å². The zero-order chi connectivity index (χ0) is 16.8. The van der Waals surface area contributed by atoms with E-state index in [9.17, 15) is 14.0 Å². The summed E-state index contributed by atoms with van der Waals surface area (Å²) in [4.78, 5) is 28.2. The number of rotatable bonds is 5. The first kappa shape index (κ1) is 17.4. The van der Waals surface area contributed by atoms with Crippen LogP contribution in [0.15, 0.2) is 24.3 Å². The normalized spacial score (nSPS) is 16.3. The quantitative estimate of drug-likeness (QED) is 0.837. The fourth-order valence-corrected chi connectivity index (χ4v) is 2.88. The van der Waals surface area contributed by atoms with Gasteiger partial charge < -0.3 is 9.80 Å². The van der Waals surface area contributed by atoms with Crippen molar-refractivity contribution >= 4 is 11.8 Å². The Balaban J connectivity index is 1.90. The number of carbonyl (C=O) groups excluding carboxylic acids is 2. The van der Waals surface area contributed by atoms with Crippen molar-refractivity contribution in [1.29, 1.82) is 0 Å². The van der Waals surface area contributed by atoms with Crippen LogP contribution in [0.5, 0.6) is 0 Å². The Hall–Kier alpha value is -1.91. The highest BCUT2D eigenvalue weighted by Gasteiger charge is 2.27. The van der Waals surface area contributed by atoms with Crippen molar-refractivity contribution in [1.82, 2.24) is 9.80 Å². The summed E-state index contributed by atoms with van der Waals surface area (Å²) < 4.78 is 13.7. The molecule has 1 aromatic rings. The van der Waals surface area contributed by atoms with Crippen LogP contribution in [0.2, 0.25) is 0 Å². The maximum atomic E-state index is 13.7. The largest absolute Gasteiger partial charge is 0.339 e. The van der Waals surface area contributed by atoms with Gasteiger partial charge in [-0.15, -0.1) is 0 Å². The first-order chi connectivity index (χ1) is 11.0. The Morgan fingerprint density at radius 1 is 1.13 bits per heavy atom. The van der Waals surface area contributed by atoms with Gasteiger partial charge in [-0.3, -0.25) is 9.59 Å². The lowest BCUT2D eigenvalue weighted by atomic mass is 10.0. The minimum Gasteiger partial charge on any atom is -0.339 e. The lowest BCUT2D eigenvalue weighted by Gasteiger charge is -2.36. The molecule has 0 bridgehead atoms. The fraction of sp³-hybridized carbons (Fsp3) is 0.556. The van der Waals surface area contributed by atoms with Gasteiger partial charge in [0.1, 0.15) is 5.82 Å². The van der Waals surface area contributed by atoms with Crippen molar-refractivity contribution in [3.05, 3.63) is 35.6 Å². The van der Waals surface area contributed by atoms with E-state index in [2.05, 4.69) is 6.92 Å². The van der Waals surface area contributed by atoms with E-state index in [1.54, 1.807) is 17.0 Å². The number of benzene rings is 1. The molecule has 5 heteroatoms. The molecule has 2 rings (SSSR count). The van der Waals surface area contributed by atoms with Gasteiger partial charge in [0.25, 0.3) is 5.91 Å². The average molecular weight is 320 g/mol. The summed E-state index contributed by atoms with van der Waals surface area (Å²) in [6.07, 6.45) is 3.05. The number of hydrogen-bond acceptors (Lipinski definition) is 2. The van der Waals surface area contributed by atoms with E-state index in [4.69, 9.17) is 0 Å². The molecule has 0 aliphatic carbocycles. The average Bonchev–Trinajstić information content (AvgIpc) is 2.59. The highest BCUT2D eigenvalue weighted by atomic mass is 19.1. The van der Waals surface area contributed by atoms with Crippen molar-refractivity contribution in [2.24, 2.45) is 5.92 Å². The van der Waals surface area contributed by atoms with E-state index < -0.39 is 5.82 Å². The van der Waals surface area contributed by atoms with Gasteiger partial charge in [0.2, 0.25) is 5.91 Å². The summed E-state index contributed by atoms with van der Waals surface area (Å²) in [7, 11) is 0. The Bertz CT molecular complexity index is 554. The van der Waals surface area contributed by atoms with Crippen LogP contribution >= 0.6 is 0 Å². The number of piperazine rings is 1. The van der Waals surface area contributed by atoms with E-state index in [0.717, 1.165) is 19.3 Å². The molecular formula is C18H25FN2O2. The lowest BCUT2D eigenvalue weighted by molar-refractivity contribution is -0.136. The number of unbranched alkanes of at least 4 members (excludes halogenated alkanes) is 1. The fourth-order valence-electron chi connectivity index (χ4n) is 2.88. The minimum absolute atomic E-state index is 0.0313. The molecule has 1 heterocycles. The number of nitrogens with zero attached hydrogens (tertiary/aromatic N) is 2. The van der Waals surface area contributed by atoms with Crippen molar-refractivity contribution in [3.63, 3.8) is 0 Å². The summed E-state index contributed by atoms with van der Waals surface area (Å²) in [5.41, 5.74) is 0.101. The Labute approximate surface area is 137 Å². The number of carbonyl (C=O) groups is 2. The second-order valence-electron chi connectivity index (χ2n) is 6.14. The van der Waals surface area contributed by atoms with Crippen LogP contribution in [0, 0.1) is 11.7 Å². The second kappa shape index (κ2) is 8.09. The van der Waals surface area contributed by atoms with E-state index in [1.807, 2.05) is 11.8 Å². The van der Waals surface area contributed by atoms with Crippen molar-refractivity contribution in [2.75, 3.05) is 26.2 Å². The zero-order valence-corrected chi connectivity index (χ0v) is 13.9. The number of hydrogen-bond donors (Lipinski definition) is 0. The molecule has 23 heavy (non-hydrogen) atoms. The minimum atomic E-state index is -0.496. The van der Waals surface area contributed by atoms with Gasteiger partial charge in [-0.2, -0.15) is 0 Å². The number of halogens is 1. The molecule has 0 radical (unpaired) electrons. The summed E-state index contributed by atoms with van der Waals surface area (Å²) in [6, 6.07) is 6.02. The predicted octanol–water partition coefficient (Wildman–Crippen LogP) is 2.94. The van der Waals surface area contributed by atoms with Gasteiger partial charge in [-0.25, -0.2) is 4.39 Å². The monoisotopic (exact) mass is 320 g/mol. The van der Waals surface area contributed by atoms with E-state index in [0.29, 0.717) is 26.2 Å². The first-order valence-electron chi connectivity index (χ1n) is 8.37. The maximum absolute atomic E-state index is 13.7. The molecule has 0 spiro atoms. The molecule has 0 N–H and O–H groups in total. The predicted molar refractivity (Wildman–Crippen MR) is 87.6 cm³/mol. The Morgan fingerprint density at radius 2 is 1.74 bits per heavy atom. The molecule has 1 unspecified atom stereocenters. The van der Waals surface area contributed by atoms with E-state index in [1.165, 1.54) is 12.1 Å². The highest BCUT2D eigenvalue weighted by Crippen LogP contribution is 2.16. The van der Waals surface area contributed by atoms with Crippen LogP contribution in [-0.4, -0.2) is 47.8 Å². The molecule has 1 aliphatic heterocycles. The van der Waals surface area contributed by atoms with Crippen molar-refractivity contribution < 1.29 is 14.0 Å². The molecule has 1 aliphatic rings. The third-order valence-corrected chi connectivity index (χ3v) is 4.40. The van der Waals surface area contributed by atoms with Crippen LogP contribution < -0.4 is 0 Å². The van der Waals surface area contributed by atoms with E-state index >= 15 is 0 Å². The summed E-state index contributed by atoms with van der Waals surface area (Å²) >= 11 is 0. The van der Waals surface area contributed by atoms with Crippen LogP contribution in [0.25, 0.3) is 0 Å². The van der Waals surface area contributed by atoms with Crippen molar-refractivity contribution in [3.8, 4) is 0 Å². The number of amides is 2. The molecule has 0 saturated carbocycles. The lowest BCUT2D eigenvalue weighted by Crippen LogP contribution is -2.51. The van der Waals surface area contributed by atoms with Gasteiger partial charge in [0.15, 0.2) is 0 Å². The SMILES string of the molecule is CCCCC(C)C(=O)N1CCN(C(=O)c2ccccc2F)CC1. The highest BCUT2D eigenvalue weighted by molar-refractivity contribution is 5.94. The maximum Gasteiger partial charge on any atom is 0.256 e. The Kier molecular flexibility index (Phi) is 6.13. The molecule has 1 atom stereocenters. The van der Waals surface area contributed by atoms with Crippen LogP contribution in [0.4, 0.5) is 4.39 Å². The molecule has 0 aromatic heterocycles. The molecule has 4 nitrogen and oxygen atoms in total. The molecular weight excluding hydrogens is 295 g/mol. The van der Waals surface area contributed by atoms with Gasteiger partial charge in [0.05, 0.1) is 5.56 Å². The molecule has 126 valence electrons. The topological polar surface area (TPSA) is 40.6 Å². The molecule has 1 fully saturated rings. The third-order valence-electron chi connectivity index (χ3n) is 4.40. The second-order valence-corrected chi connectivity index (χ2v) is 6.14. The van der Waals surface area contributed by atoms with Gasteiger partial charge in [-0.1, -0.05) is 38.8 Å².